The Bertz CT molecular complexity index is 433. The Hall–Kier alpha value is -1.40. The Morgan fingerprint density at radius 2 is 2.42 bits per heavy atom. The number of hydrogen-bond acceptors (Lipinski definition) is 4. The van der Waals surface area contributed by atoms with E-state index < -0.39 is 11.9 Å². The summed E-state index contributed by atoms with van der Waals surface area (Å²) in [5.41, 5.74) is 1.10. The quantitative estimate of drug-likeness (QED) is 0.826. The number of carboxylic acid groups (broad SMARTS) is 1. The van der Waals surface area contributed by atoms with Gasteiger partial charge < -0.3 is 9.84 Å². The van der Waals surface area contributed by atoms with Gasteiger partial charge in [-0.2, -0.15) is 5.10 Å². The van der Waals surface area contributed by atoms with E-state index in [0.717, 1.165) is 18.5 Å². The summed E-state index contributed by atoms with van der Waals surface area (Å²) >= 11 is 0. The third kappa shape index (κ3) is 3.33. The molecule has 19 heavy (non-hydrogen) atoms. The van der Waals surface area contributed by atoms with Gasteiger partial charge in [-0.3, -0.25) is 14.4 Å². The molecule has 0 amide bonds. The van der Waals surface area contributed by atoms with Gasteiger partial charge in [0, 0.05) is 30.9 Å². The van der Waals surface area contributed by atoms with Crippen molar-refractivity contribution in [1.29, 1.82) is 0 Å². The number of nitrogens with zero attached hydrogens (tertiary/aromatic N) is 3. The zero-order valence-corrected chi connectivity index (χ0v) is 11.5. The molecule has 0 bridgehead atoms. The summed E-state index contributed by atoms with van der Waals surface area (Å²) in [6.45, 7) is 4.51. The molecule has 6 nitrogen and oxygen atoms in total. The average Bonchev–Trinajstić information content (AvgIpc) is 2.98. The number of hydrogen-bond donors (Lipinski definition) is 1. The van der Waals surface area contributed by atoms with Crippen molar-refractivity contribution in [3.63, 3.8) is 0 Å². The van der Waals surface area contributed by atoms with Crippen molar-refractivity contribution in [3.05, 3.63) is 18.0 Å². The second kappa shape index (κ2) is 6.16. The normalized spacial score (nSPS) is 23.1. The third-order valence-electron chi connectivity index (χ3n) is 3.51. The highest BCUT2D eigenvalue weighted by molar-refractivity contribution is 5.71. The van der Waals surface area contributed by atoms with Crippen LogP contribution in [0.2, 0.25) is 0 Å². The number of aryl methyl sites for hydroxylation is 1. The van der Waals surface area contributed by atoms with Gasteiger partial charge in [-0.1, -0.05) is 6.92 Å². The molecule has 106 valence electrons. The Balaban J connectivity index is 1.95. The molecule has 1 aliphatic rings. The lowest BCUT2D eigenvalue weighted by Crippen LogP contribution is -2.40. The van der Waals surface area contributed by atoms with Gasteiger partial charge >= 0.3 is 5.97 Å². The van der Waals surface area contributed by atoms with E-state index in [2.05, 4.69) is 12.0 Å². The highest BCUT2D eigenvalue weighted by Crippen LogP contribution is 2.20. The predicted molar refractivity (Wildman–Crippen MR) is 69.7 cm³/mol. The van der Waals surface area contributed by atoms with Crippen LogP contribution < -0.4 is 0 Å². The Labute approximate surface area is 113 Å². The minimum atomic E-state index is -0.781. The number of ether oxygens (including phenoxy) is 1. The molecule has 6 heteroatoms. The van der Waals surface area contributed by atoms with Crippen molar-refractivity contribution in [2.24, 2.45) is 5.92 Å². The minimum Gasteiger partial charge on any atom is -0.481 e. The summed E-state index contributed by atoms with van der Waals surface area (Å²) < 4.78 is 7.21. The van der Waals surface area contributed by atoms with Crippen LogP contribution in [-0.2, 0) is 22.6 Å². The second-order valence-electron chi connectivity index (χ2n) is 5.08. The van der Waals surface area contributed by atoms with Gasteiger partial charge in [-0.05, 0) is 13.5 Å². The fraction of sp³-hybridized carbons (Fsp3) is 0.692. The maximum atomic E-state index is 11.1. The zero-order valence-electron chi connectivity index (χ0n) is 11.5. The standard InChI is InChI=1S/C13H21N3O3/c1-3-4-16-7-10(5-14-16)6-15(2)12-9-19-8-11(12)13(17)18/h5,7,11-12H,3-4,6,8-9H2,1-2H3,(H,17,18). The SMILES string of the molecule is CCCn1cc(CN(C)C2COCC2C(=O)O)cn1. The molecule has 1 aromatic rings. The first-order chi connectivity index (χ1) is 9.11. The van der Waals surface area contributed by atoms with Crippen molar-refractivity contribution >= 4 is 5.97 Å². The van der Waals surface area contributed by atoms with E-state index in [1.807, 2.05) is 29.0 Å². The summed E-state index contributed by atoms with van der Waals surface area (Å²) in [6.07, 6.45) is 4.91. The number of aromatic nitrogens is 2. The van der Waals surface area contributed by atoms with E-state index in [9.17, 15) is 4.79 Å². The Kier molecular flexibility index (Phi) is 4.55. The van der Waals surface area contributed by atoms with E-state index in [1.165, 1.54) is 0 Å². The van der Waals surface area contributed by atoms with Gasteiger partial charge in [-0.15, -0.1) is 0 Å². The van der Waals surface area contributed by atoms with E-state index in [0.29, 0.717) is 19.8 Å². The van der Waals surface area contributed by atoms with Crippen LogP contribution >= 0.6 is 0 Å². The molecule has 0 aromatic carbocycles. The molecule has 1 saturated heterocycles. The molecular formula is C13H21N3O3. The van der Waals surface area contributed by atoms with Gasteiger partial charge in [-0.25, -0.2) is 0 Å². The lowest BCUT2D eigenvalue weighted by atomic mass is 10.0. The molecule has 2 unspecified atom stereocenters. The number of carboxylic acids is 1. The van der Waals surface area contributed by atoms with E-state index >= 15 is 0 Å². The molecule has 0 radical (unpaired) electrons. The summed E-state index contributed by atoms with van der Waals surface area (Å²) in [7, 11) is 1.94. The predicted octanol–water partition coefficient (Wildman–Crippen LogP) is 0.824. The lowest BCUT2D eigenvalue weighted by Gasteiger charge is -2.25. The summed E-state index contributed by atoms with van der Waals surface area (Å²) in [6, 6.07) is -0.0629. The molecule has 2 atom stereocenters. The van der Waals surface area contributed by atoms with Gasteiger partial charge in [0.2, 0.25) is 0 Å². The van der Waals surface area contributed by atoms with E-state index in [4.69, 9.17) is 9.84 Å². The number of rotatable bonds is 6. The molecule has 2 rings (SSSR count). The Morgan fingerprint density at radius 1 is 1.63 bits per heavy atom. The van der Waals surface area contributed by atoms with E-state index in [1.54, 1.807) is 0 Å². The third-order valence-corrected chi connectivity index (χ3v) is 3.51. The first kappa shape index (κ1) is 14.0. The largest absolute Gasteiger partial charge is 0.481 e. The van der Waals surface area contributed by atoms with Crippen molar-refractivity contribution in [1.82, 2.24) is 14.7 Å². The average molecular weight is 267 g/mol. The molecular weight excluding hydrogens is 246 g/mol. The number of aliphatic carboxylic acids is 1. The molecule has 1 fully saturated rings. The van der Waals surface area contributed by atoms with Crippen LogP contribution in [0.25, 0.3) is 0 Å². The fourth-order valence-electron chi connectivity index (χ4n) is 2.46. The van der Waals surface area contributed by atoms with Crippen LogP contribution in [0.3, 0.4) is 0 Å². The van der Waals surface area contributed by atoms with Crippen LogP contribution in [0.15, 0.2) is 12.4 Å². The van der Waals surface area contributed by atoms with Gasteiger partial charge in [0.05, 0.1) is 25.3 Å². The Morgan fingerprint density at radius 3 is 3.11 bits per heavy atom. The van der Waals surface area contributed by atoms with Gasteiger partial charge in [0.15, 0.2) is 0 Å². The topological polar surface area (TPSA) is 67.6 Å². The van der Waals surface area contributed by atoms with Crippen molar-refractivity contribution < 1.29 is 14.6 Å². The zero-order chi connectivity index (χ0) is 13.8. The molecule has 0 spiro atoms. The highest BCUT2D eigenvalue weighted by Gasteiger charge is 2.36. The maximum Gasteiger partial charge on any atom is 0.310 e. The lowest BCUT2D eigenvalue weighted by molar-refractivity contribution is -0.143. The molecule has 1 aromatic heterocycles. The first-order valence-corrected chi connectivity index (χ1v) is 6.64. The van der Waals surface area contributed by atoms with Crippen LogP contribution in [0, 0.1) is 5.92 Å². The monoisotopic (exact) mass is 267 g/mol. The number of carbonyl (C=O) groups is 1. The minimum absolute atomic E-state index is 0.0629. The summed E-state index contributed by atoms with van der Waals surface area (Å²) in [5.74, 6) is -1.22. The van der Waals surface area contributed by atoms with Crippen molar-refractivity contribution in [3.8, 4) is 0 Å². The second-order valence-corrected chi connectivity index (χ2v) is 5.08. The first-order valence-electron chi connectivity index (χ1n) is 6.64. The van der Waals surface area contributed by atoms with E-state index in [-0.39, 0.29) is 6.04 Å². The van der Waals surface area contributed by atoms with Gasteiger partial charge in [0.1, 0.15) is 0 Å². The number of likely N-dealkylation sites (N-methyl/N-ethyl adjacent to an activating group) is 1. The van der Waals surface area contributed by atoms with Crippen LogP contribution in [0.1, 0.15) is 18.9 Å². The molecule has 2 heterocycles. The van der Waals surface area contributed by atoms with Gasteiger partial charge in [0.25, 0.3) is 0 Å². The van der Waals surface area contributed by atoms with Crippen LogP contribution in [-0.4, -0.2) is 52.1 Å². The summed E-state index contributed by atoms with van der Waals surface area (Å²) in [5, 5.41) is 13.4. The molecule has 1 N–H and O–H groups in total. The van der Waals surface area contributed by atoms with Crippen molar-refractivity contribution in [2.75, 3.05) is 20.3 Å². The molecule has 0 aliphatic carbocycles. The highest BCUT2D eigenvalue weighted by atomic mass is 16.5. The summed E-state index contributed by atoms with van der Waals surface area (Å²) in [4.78, 5) is 13.2. The maximum absolute atomic E-state index is 11.1. The fourth-order valence-corrected chi connectivity index (χ4v) is 2.46. The smallest absolute Gasteiger partial charge is 0.310 e. The van der Waals surface area contributed by atoms with Crippen molar-refractivity contribution in [2.45, 2.75) is 32.5 Å². The van der Waals surface area contributed by atoms with Crippen LogP contribution in [0.4, 0.5) is 0 Å². The van der Waals surface area contributed by atoms with Crippen LogP contribution in [0.5, 0.6) is 0 Å². The molecule has 0 saturated carbocycles. The molecule has 1 aliphatic heterocycles.